The van der Waals surface area contributed by atoms with Gasteiger partial charge in [0.15, 0.2) is 5.69 Å². The van der Waals surface area contributed by atoms with E-state index in [2.05, 4.69) is 15.3 Å². The molecular formula is C17H26N4O4. The van der Waals surface area contributed by atoms with Crippen LogP contribution in [0, 0.1) is 6.92 Å². The molecule has 1 aliphatic rings. The number of ether oxygens (including phenoxy) is 2. The Balaban J connectivity index is 1.95. The third-order valence-corrected chi connectivity index (χ3v) is 3.74. The Bertz CT molecular complexity index is 634. The van der Waals surface area contributed by atoms with Crippen LogP contribution in [0.2, 0.25) is 0 Å². The molecule has 2 heterocycles. The number of anilines is 1. The molecule has 0 bridgehead atoms. The van der Waals surface area contributed by atoms with Crippen LogP contribution in [0.5, 0.6) is 0 Å². The van der Waals surface area contributed by atoms with Crippen molar-refractivity contribution in [3.8, 4) is 0 Å². The van der Waals surface area contributed by atoms with Gasteiger partial charge in [0.25, 0.3) is 0 Å². The van der Waals surface area contributed by atoms with Crippen LogP contribution in [0.15, 0.2) is 6.07 Å². The molecular weight excluding hydrogens is 324 g/mol. The van der Waals surface area contributed by atoms with E-state index >= 15 is 0 Å². The molecule has 1 fully saturated rings. The number of nitrogens with zero attached hydrogens (tertiary/aromatic N) is 3. The Morgan fingerprint density at radius 2 is 1.88 bits per heavy atom. The number of aromatic nitrogens is 2. The highest BCUT2D eigenvalue weighted by Crippen LogP contribution is 2.18. The van der Waals surface area contributed by atoms with E-state index in [0.29, 0.717) is 24.7 Å². The number of alkyl carbamates (subject to hydrolysis) is 1. The first-order valence-corrected chi connectivity index (χ1v) is 8.36. The summed E-state index contributed by atoms with van der Waals surface area (Å²) in [6, 6.07) is 1.66. The van der Waals surface area contributed by atoms with Gasteiger partial charge in [0.2, 0.25) is 5.95 Å². The van der Waals surface area contributed by atoms with Gasteiger partial charge >= 0.3 is 12.1 Å². The van der Waals surface area contributed by atoms with E-state index in [4.69, 9.17) is 9.47 Å². The standard InChI is InChI=1S/C17H26N4O4/c1-11-10-13(14(22)24-5)20-15(18-11)21-8-6-12(7-9-21)19-16(23)25-17(2,3)4/h10,12H,6-9H2,1-5H3,(H,19,23). The van der Waals surface area contributed by atoms with Crippen molar-refractivity contribution in [2.45, 2.75) is 52.2 Å². The van der Waals surface area contributed by atoms with Gasteiger partial charge in [0.05, 0.1) is 7.11 Å². The van der Waals surface area contributed by atoms with Crippen LogP contribution in [0.25, 0.3) is 0 Å². The highest BCUT2D eigenvalue weighted by Gasteiger charge is 2.25. The Labute approximate surface area is 147 Å². The lowest BCUT2D eigenvalue weighted by atomic mass is 10.1. The van der Waals surface area contributed by atoms with Crippen molar-refractivity contribution < 1.29 is 19.1 Å². The van der Waals surface area contributed by atoms with Gasteiger partial charge in [-0.2, -0.15) is 0 Å². The third-order valence-electron chi connectivity index (χ3n) is 3.74. The maximum absolute atomic E-state index is 11.9. The van der Waals surface area contributed by atoms with E-state index < -0.39 is 17.7 Å². The molecule has 1 aromatic heterocycles. The minimum Gasteiger partial charge on any atom is -0.464 e. The van der Waals surface area contributed by atoms with Gasteiger partial charge in [0, 0.05) is 24.8 Å². The van der Waals surface area contributed by atoms with E-state index in [1.54, 1.807) is 6.07 Å². The van der Waals surface area contributed by atoms with Gasteiger partial charge in [-0.15, -0.1) is 0 Å². The molecule has 8 heteroatoms. The number of hydrogen-bond donors (Lipinski definition) is 1. The van der Waals surface area contributed by atoms with E-state index in [1.165, 1.54) is 7.11 Å². The summed E-state index contributed by atoms with van der Waals surface area (Å²) in [6.07, 6.45) is 1.11. The number of carbonyl (C=O) groups excluding carboxylic acids is 2. The van der Waals surface area contributed by atoms with Gasteiger partial charge < -0.3 is 19.7 Å². The summed E-state index contributed by atoms with van der Waals surface area (Å²) in [4.78, 5) is 34.2. The zero-order valence-corrected chi connectivity index (χ0v) is 15.5. The summed E-state index contributed by atoms with van der Waals surface area (Å²) in [7, 11) is 1.33. The summed E-state index contributed by atoms with van der Waals surface area (Å²) in [5, 5.41) is 2.89. The third kappa shape index (κ3) is 5.58. The Kier molecular flexibility index (Phi) is 5.81. The highest BCUT2D eigenvalue weighted by molar-refractivity contribution is 5.87. The van der Waals surface area contributed by atoms with Gasteiger partial charge in [-0.3, -0.25) is 0 Å². The average molecular weight is 350 g/mol. The van der Waals surface area contributed by atoms with E-state index in [9.17, 15) is 9.59 Å². The maximum atomic E-state index is 11.9. The quantitative estimate of drug-likeness (QED) is 0.834. The van der Waals surface area contributed by atoms with E-state index in [1.807, 2.05) is 32.6 Å². The van der Waals surface area contributed by atoms with Gasteiger partial charge in [-0.25, -0.2) is 19.6 Å². The molecule has 0 aromatic carbocycles. The maximum Gasteiger partial charge on any atom is 0.407 e. The number of nitrogens with one attached hydrogen (secondary N) is 1. The van der Waals surface area contributed by atoms with Gasteiger partial charge in [-0.1, -0.05) is 0 Å². The molecule has 0 radical (unpaired) electrons. The zero-order chi connectivity index (χ0) is 18.6. The number of esters is 1. The number of hydrogen-bond acceptors (Lipinski definition) is 7. The van der Waals surface area contributed by atoms with E-state index in [0.717, 1.165) is 12.8 Å². The number of rotatable bonds is 3. The fourth-order valence-corrected chi connectivity index (χ4v) is 2.60. The molecule has 1 saturated heterocycles. The highest BCUT2D eigenvalue weighted by atomic mass is 16.6. The lowest BCUT2D eigenvalue weighted by Gasteiger charge is -2.33. The zero-order valence-electron chi connectivity index (χ0n) is 15.5. The van der Waals surface area contributed by atoms with Crippen LogP contribution in [-0.4, -0.2) is 53.9 Å². The summed E-state index contributed by atoms with van der Waals surface area (Å²) in [5.41, 5.74) is 0.447. The van der Waals surface area contributed by atoms with Crippen LogP contribution < -0.4 is 10.2 Å². The number of aryl methyl sites for hydroxylation is 1. The lowest BCUT2D eigenvalue weighted by Crippen LogP contribution is -2.46. The average Bonchev–Trinajstić information content (AvgIpc) is 2.52. The fraction of sp³-hybridized carbons (Fsp3) is 0.647. The first-order chi connectivity index (χ1) is 11.7. The van der Waals surface area contributed by atoms with Crippen molar-refractivity contribution >= 4 is 18.0 Å². The molecule has 0 unspecified atom stereocenters. The van der Waals surface area contributed by atoms with Crippen molar-refractivity contribution in [2.24, 2.45) is 0 Å². The Hall–Kier alpha value is -2.38. The minimum absolute atomic E-state index is 0.0518. The van der Waals surface area contributed by atoms with Crippen LogP contribution in [0.3, 0.4) is 0 Å². The molecule has 0 aliphatic carbocycles. The summed E-state index contributed by atoms with van der Waals surface area (Å²) >= 11 is 0. The summed E-state index contributed by atoms with van der Waals surface area (Å²) in [5.74, 6) is 0.0318. The molecule has 0 spiro atoms. The van der Waals surface area contributed by atoms with Gasteiger partial charge in [-0.05, 0) is 46.6 Å². The number of carbonyl (C=O) groups is 2. The molecule has 1 aliphatic heterocycles. The van der Waals surface area contributed by atoms with E-state index in [-0.39, 0.29) is 11.7 Å². The van der Waals surface area contributed by atoms with Gasteiger partial charge in [0.1, 0.15) is 5.60 Å². The predicted molar refractivity (Wildman–Crippen MR) is 92.7 cm³/mol. The van der Waals surface area contributed by atoms with Crippen molar-refractivity contribution in [1.82, 2.24) is 15.3 Å². The van der Waals surface area contributed by atoms with Crippen molar-refractivity contribution in [3.05, 3.63) is 17.5 Å². The number of amides is 1. The Morgan fingerprint density at radius 1 is 1.24 bits per heavy atom. The first-order valence-electron chi connectivity index (χ1n) is 8.36. The topological polar surface area (TPSA) is 93.7 Å². The first kappa shape index (κ1) is 19.0. The summed E-state index contributed by atoms with van der Waals surface area (Å²) < 4.78 is 10.0. The molecule has 0 saturated carbocycles. The lowest BCUT2D eigenvalue weighted by molar-refractivity contribution is 0.0496. The van der Waals surface area contributed by atoms with Crippen LogP contribution in [0.1, 0.15) is 49.8 Å². The molecule has 1 aromatic rings. The summed E-state index contributed by atoms with van der Waals surface area (Å²) in [6.45, 7) is 8.69. The molecule has 1 N–H and O–H groups in total. The largest absolute Gasteiger partial charge is 0.464 e. The molecule has 138 valence electrons. The second kappa shape index (κ2) is 7.67. The second-order valence-electron chi connectivity index (χ2n) is 7.09. The molecule has 1 amide bonds. The molecule has 2 rings (SSSR count). The number of piperidine rings is 1. The Morgan fingerprint density at radius 3 is 2.44 bits per heavy atom. The second-order valence-corrected chi connectivity index (χ2v) is 7.09. The monoisotopic (exact) mass is 350 g/mol. The molecule has 0 atom stereocenters. The normalized spacial score (nSPS) is 15.6. The molecule has 8 nitrogen and oxygen atoms in total. The predicted octanol–water partition coefficient (Wildman–Crippen LogP) is 2.07. The smallest absolute Gasteiger partial charge is 0.407 e. The fourth-order valence-electron chi connectivity index (χ4n) is 2.60. The van der Waals surface area contributed by atoms with Crippen molar-refractivity contribution in [2.75, 3.05) is 25.1 Å². The van der Waals surface area contributed by atoms with Crippen molar-refractivity contribution in [3.63, 3.8) is 0 Å². The van der Waals surface area contributed by atoms with Crippen molar-refractivity contribution in [1.29, 1.82) is 0 Å². The van der Waals surface area contributed by atoms with Crippen LogP contribution in [0.4, 0.5) is 10.7 Å². The van der Waals surface area contributed by atoms with Crippen LogP contribution in [-0.2, 0) is 9.47 Å². The molecule has 25 heavy (non-hydrogen) atoms. The SMILES string of the molecule is COC(=O)c1cc(C)nc(N2CCC(NC(=O)OC(C)(C)C)CC2)n1. The number of methoxy groups -OCH3 is 1. The van der Waals surface area contributed by atoms with Crippen LogP contribution >= 0.6 is 0 Å². The minimum atomic E-state index is -0.509.